The van der Waals surface area contributed by atoms with Crippen LogP contribution >= 0.6 is 0 Å². The van der Waals surface area contributed by atoms with Crippen LogP contribution in [0.5, 0.6) is 0 Å². The van der Waals surface area contributed by atoms with Crippen LogP contribution in [-0.2, 0) is 12.8 Å². The zero-order valence-corrected chi connectivity index (χ0v) is 12.3. The monoisotopic (exact) mass is 274 g/mol. The van der Waals surface area contributed by atoms with E-state index in [0.29, 0.717) is 6.04 Å². The highest BCUT2D eigenvalue weighted by atomic mass is 15.0. The van der Waals surface area contributed by atoms with Gasteiger partial charge in [0, 0.05) is 23.8 Å². The second-order valence-electron chi connectivity index (χ2n) is 6.37. The molecule has 20 heavy (non-hydrogen) atoms. The zero-order chi connectivity index (χ0) is 13.8. The lowest BCUT2D eigenvalue weighted by atomic mass is 9.86. The van der Waals surface area contributed by atoms with Gasteiger partial charge in [-0.05, 0) is 57.3 Å². The lowest BCUT2D eigenvalue weighted by Gasteiger charge is -2.26. The van der Waals surface area contributed by atoms with Crippen molar-refractivity contribution >= 4 is 5.82 Å². The molecule has 0 spiro atoms. The SMILES string of the molecule is NC1CCC(CNc2ncnc3c2CCCCC3)CC1. The number of rotatable bonds is 3. The van der Waals surface area contributed by atoms with Gasteiger partial charge in [0.1, 0.15) is 12.1 Å². The molecule has 2 aliphatic carbocycles. The predicted molar refractivity (Wildman–Crippen MR) is 81.7 cm³/mol. The quantitative estimate of drug-likeness (QED) is 0.832. The third-order valence-electron chi connectivity index (χ3n) is 4.82. The van der Waals surface area contributed by atoms with Crippen LogP contribution in [0, 0.1) is 5.92 Å². The fourth-order valence-electron chi connectivity index (χ4n) is 3.48. The predicted octanol–water partition coefficient (Wildman–Crippen LogP) is 2.67. The van der Waals surface area contributed by atoms with Crippen molar-refractivity contribution in [1.82, 2.24) is 9.97 Å². The summed E-state index contributed by atoms with van der Waals surface area (Å²) in [4.78, 5) is 8.96. The van der Waals surface area contributed by atoms with Gasteiger partial charge in [0.15, 0.2) is 0 Å². The fourth-order valence-corrected chi connectivity index (χ4v) is 3.48. The van der Waals surface area contributed by atoms with Crippen LogP contribution in [0.1, 0.15) is 56.2 Å². The van der Waals surface area contributed by atoms with Gasteiger partial charge in [-0.25, -0.2) is 9.97 Å². The second-order valence-corrected chi connectivity index (χ2v) is 6.37. The van der Waals surface area contributed by atoms with E-state index >= 15 is 0 Å². The minimum absolute atomic E-state index is 0.432. The Labute approximate surface area is 121 Å². The van der Waals surface area contributed by atoms with E-state index in [4.69, 9.17) is 5.73 Å². The van der Waals surface area contributed by atoms with E-state index in [1.54, 1.807) is 6.33 Å². The van der Waals surface area contributed by atoms with Gasteiger partial charge in [0.2, 0.25) is 0 Å². The molecular weight excluding hydrogens is 248 g/mol. The smallest absolute Gasteiger partial charge is 0.132 e. The number of nitrogens with two attached hydrogens (primary N) is 1. The molecule has 0 unspecified atom stereocenters. The molecule has 0 amide bonds. The average molecular weight is 274 g/mol. The van der Waals surface area contributed by atoms with E-state index in [-0.39, 0.29) is 0 Å². The van der Waals surface area contributed by atoms with E-state index in [1.807, 2.05) is 0 Å². The fraction of sp³-hybridized carbons (Fsp3) is 0.750. The van der Waals surface area contributed by atoms with Crippen LogP contribution in [0.25, 0.3) is 0 Å². The number of aromatic nitrogens is 2. The van der Waals surface area contributed by atoms with E-state index in [2.05, 4.69) is 15.3 Å². The van der Waals surface area contributed by atoms with Gasteiger partial charge in [0.25, 0.3) is 0 Å². The van der Waals surface area contributed by atoms with Crippen LogP contribution < -0.4 is 11.1 Å². The molecule has 1 aromatic rings. The highest BCUT2D eigenvalue weighted by molar-refractivity contribution is 5.46. The van der Waals surface area contributed by atoms with Gasteiger partial charge in [-0.3, -0.25) is 0 Å². The molecule has 3 rings (SSSR count). The molecule has 2 aliphatic rings. The van der Waals surface area contributed by atoms with Gasteiger partial charge >= 0.3 is 0 Å². The van der Waals surface area contributed by atoms with E-state index in [9.17, 15) is 0 Å². The van der Waals surface area contributed by atoms with Crippen molar-refractivity contribution in [1.29, 1.82) is 0 Å². The van der Waals surface area contributed by atoms with Crippen molar-refractivity contribution in [2.75, 3.05) is 11.9 Å². The maximum absolute atomic E-state index is 5.97. The van der Waals surface area contributed by atoms with Gasteiger partial charge in [0.05, 0.1) is 0 Å². The molecule has 1 heterocycles. The number of nitrogens with one attached hydrogen (secondary N) is 1. The normalized spacial score (nSPS) is 26.6. The van der Waals surface area contributed by atoms with E-state index < -0.39 is 0 Å². The average Bonchev–Trinajstić information content (AvgIpc) is 2.72. The summed E-state index contributed by atoms with van der Waals surface area (Å²) in [5, 5.41) is 3.59. The Balaban J connectivity index is 1.62. The minimum atomic E-state index is 0.432. The van der Waals surface area contributed by atoms with Crippen LogP contribution in [0.15, 0.2) is 6.33 Å². The summed E-state index contributed by atoms with van der Waals surface area (Å²) < 4.78 is 0. The molecule has 0 saturated heterocycles. The molecule has 0 bridgehead atoms. The number of hydrogen-bond acceptors (Lipinski definition) is 4. The Kier molecular flexibility index (Phi) is 4.51. The van der Waals surface area contributed by atoms with E-state index in [0.717, 1.165) is 31.1 Å². The summed E-state index contributed by atoms with van der Waals surface area (Å²) in [7, 11) is 0. The molecule has 4 nitrogen and oxygen atoms in total. The minimum Gasteiger partial charge on any atom is -0.369 e. The molecule has 0 aliphatic heterocycles. The molecule has 4 heteroatoms. The molecule has 1 aromatic heterocycles. The number of hydrogen-bond donors (Lipinski definition) is 2. The highest BCUT2D eigenvalue weighted by Crippen LogP contribution is 2.26. The second kappa shape index (κ2) is 6.53. The highest BCUT2D eigenvalue weighted by Gasteiger charge is 2.19. The Morgan fingerprint density at radius 1 is 1.05 bits per heavy atom. The summed E-state index contributed by atoms with van der Waals surface area (Å²) in [5.41, 5.74) is 8.61. The summed E-state index contributed by atoms with van der Waals surface area (Å²) >= 11 is 0. The summed E-state index contributed by atoms with van der Waals surface area (Å²) in [6.45, 7) is 1.04. The summed E-state index contributed by atoms with van der Waals surface area (Å²) in [6.07, 6.45) is 12.7. The molecule has 0 aromatic carbocycles. The van der Waals surface area contributed by atoms with Crippen molar-refractivity contribution < 1.29 is 0 Å². The van der Waals surface area contributed by atoms with Crippen molar-refractivity contribution in [3.63, 3.8) is 0 Å². The third-order valence-corrected chi connectivity index (χ3v) is 4.82. The van der Waals surface area contributed by atoms with Gasteiger partial charge in [-0.1, -0.05) is 6.42 Å². The zero-order valence-electron chi connectivity index (χ0n) is 12.3. The number of nitrogens with zero attached hydrogens (tertiary/aromatic N) is 2. The van der Waals surface area contributed by atoms with Crippen molar-refractivity contribution in [3.8, 4) is 0 Å². The lowest BCUT2D eigenvalue weighted by molar-refractivity contribution is 0.338. The first kappa shape index (κ1) is 13.8. The molecule has 0 atom stereocenters. The third kappa shape index (κ3) is 3.29. The van der Waals surface area contributed by atoms with E-state index in [1.165, 1.54) is 56.2 Å². The van der Waals surface area contributed by atoms with Crippen LogP contribution in [0.2, 0.25) is 0 Å². The maximum Gasteiger partial charge on any atom is 0.132 e. The largest absolute Gasteiger partial charge is 0.369 e. The first-order valence-electron chi connectivity index (χ1n) is 8.15. The lowest BCUT2D eigenvalue weighted by Crippen LogP contribution is -2.29. The topological polar surface area (TPSA) is 63.8 Å². The Bertz CT molecular complexity index is 438. The first-order chi connectivity index (χ1) is 9.83. The van der Waals surface area contributed by atoms with Crippen molar-refractivity contribution in [2.45, 2.75) is 63.8 Å². The van der Waals surface area contributed by atoms with Gasteiger partial charge in [-0.15, -0.1) is 0 Å². The molecule has 1 fully saturated rings. The van der Waals surface area contributed by atoms with Crippen LogP contribution in [0.4, 0.5) is 5.82 Å². The van der Waals surface area contributed by atoms with Gasteiger partial charge < -0.3 is 11.1 Å². The molecule has 110 valence electrons. The van der Waals surface area contributed by atoms with Crippen molar-refractivity contribution in [3.05, 3.63) is 17.6 Å². The number of aryl methyl sites for hydroxylation is 1. The number of anilines is 1. The van der Waals surface area contributed by atoms with Gasteiger partial charge in [-0.2, -0.15) is 0 Å². The summed E-state index contributed by atoms with van der Waals surface area (Å²) in [6, 6.07) is 0.432. The van der Waals surface area contributed by atoms with Crippen LogP contribution in [-0.4, -0.2) is 22.6 Å². The maximum atomic E-state index is 5.97. The molecular formula is C16H26N4. The standard InChI is InChI=1S/C16H26N4/c17-13-8-6-12(7-9-13)10-18-16-14-4-2-1-3-5-15(14)19-11-20-16/h11-13H,1-10,17H2,(H,18,19,20). The molecule has 0 radical (unpaired) electrons. The first-order valence-corrected chi connectivity index (χ1v) is 8.15. The Morgan fingerprint density at radius 3 is 2.70 bits per heavy atom. The van der Waals surface area contributed by atoms with Crippen LogP contribution in [0.3, 0.4) is 0 Å². The number of fused-ring (bicyclic) bond motifs is 1. The van der Waals surface area contributed by atoms with Crippen molar-refractivity contribution in [2.24, 2.45) is 11.7 Å². The summed E-state index contributed by atoms with van der Waals surface area (Å²) in [5.74, 6) is 1.85. The Hall–Kier alpha value is -1.16. The molecule has 3 N–H and O–H groups in total. The molecule has 1 saturated carbocycles. The Morgan fingerprint density at radius 2 is 1.85 bits per heavy atom.